The quantitative estimate of drug-likeness (QED) is 0.390. The van der Waals surface area contributed by atoms with Crippen molar-refractivity contribution in [2.24, 2.45) is 0 Å². The van der Waals surface area contributed by atoms with E-state index >= 15 is 0 Å². The molecular weight excluding hydrogens is 369 g/mol. The summed E-state index contributed by atoms with van der Waals surface area (Å²) < 4.78 is 43.8. The van der Waals surface area contributed by atoms with E-state index in [4.69, 9.17) is 0 Å². The van der Waals surface area contributed by atoms with Crippen LogP contribution < -0.4 is 0 Å². The Kier molecular flexibility index (Phi) is 7.80. The highest BCUT2D eigenvalue weighted by molar-refractivity contribution is 5.31. The van der Waals surface area contributed by atoms with E-state index in [1.165, 1.54) is 0 Å². The zero-order chi connectivity index (χ0) is 20.8. The number of aryl methyl sites for hydroxylation is 2. The van der Waals surface area contributed by atoms with E-state index in [9.17, 15) is 13.2 Å². The van der Waals surface area contributed by atoms with Crippen LogP contribution in [0.15, 0.2) is 30.3 Å². The van der Waals surface area contributed by atoms with Gasteiger partial charge < -0.3 is 0 Å². The zero-order valence-electron chi connectivity index (χ0n) is 17.7. The summed E-state index contributed by atoms with van der Waals surface area (Å²) in [5, 5.41) is 0. The van der Waals surface area contributed by atoms with Crippen molar-refractivity contribution >= 4 is 0 Å². The Hall–Kier alpha value is -1.77. The van der Waals surface area contributed by atoms with Gasteiger partial charge in [0.2, 0.25) is 0 Å². The Labute approximate surface area is 173 Å². The molecular formula is C26H33F3. The average Bonchev–Trinajstić information content (AvgIpc) is 2.72. The van der Waals surface area contributed by atoms with Gasteiger partial charge in [0.1, 0.15) is 5.82 Å². The van der Waals surface area contributed by atoms with Gasteiger partial charge in [0.05, 0.1) is 0 Å². The molecule has 0 saturated heterocycles. The standard InChI is InChI=1S/C26H33F3/c1-3-5-6-8-21-14-16-23(26(29)25(21)28)20-12-10-19(11-13-20)22-15-9-18(7-4-2)17-24(22)27/h9,14-17,19-20H,3-8,10-13H2,1-2H3. The van der Waals surface area contributed by atoms with Gasteiger partial charge in [-0.15, -0.1) is 0 Å². The highest BCUT2D eigenvalue weighted by atomic mass is 19.2. The van der Waals surface area contributed by atoms with Crippen molar-refractivity contribution in [3.05, 3.63) is 70.0 Å². The summed E-state index contributed by atoms with van der Waals surface area (Å²) in [6, 6.07) is 9.17. The Morgan fingerprint density at radius 1 is 0.724 bits per heavy atom. The minimum Gasteiger partial charge on any atom is -0.207 e. The van der Waals surface area contributed by atoms with E-state index < -0.39 is 11.6 Å². The largest absolute Gasteiger partial charge is 0.207 e. The first-order valence-corrected chi connectivity index (χ1v) is 11.3. The fourth-order valence-electron chi connectivity index (χ4n) is 4.74. The van der Waals surface area contributed by atoms with Gasteiger partial charge in [-0.25, -0.2) is 13.2 Å². The number of benzene rings is 2. The van der Waals surface area contributed by atoms with E-state index in [1.807, 2.05) is 12.1 Å². The molecule has 0 unspecified atom stereocenters. The van der Waals surface area contributed by atoms with Crippen LogP contribution >= 0.6 is 0 Å². The topological polar surface area (TPSA) is 0 Å². The molecule has 0 radical (unpaired) electrons. The number of rotatable bonds is 8. The Balaban J connectivity index is 1.65. The Bertz CT molecular complexity index is 804. The highest BCUT2D eigenvalue weighted by Gasteiger charge is 2.28. The van der Waals surface area contributed by atoms with Crippen molar-refractivity contribution in [3.8, 4) is 0 Å². The maximum Gasteiger partial charge on any atom is 0.162 e. The molecule has 1 aliphatic carbocycles. The first-order valence-electron chi connectivity index (χ1n) is 11.3. The molecule has 29 heavy (non-hydrogen) atoms. The van der Waals surface area contributed by atoms with E-state index in [2.05, 4.69) is 13.8 Å². The van der Waals surface area contributed by atoms with Crippen LogP contribution in [0, 0.1) is 17.5 Å². The van der Waals surface area contributed by atoms with Crippen molar-refractivity contribution < 1.29 is 13.2 Å². The molecule has 158 valence electrons. The molecule has 1 fully saturated rings. The van der Waals surface area contributed by atoms with Gasteiger partial charge in [0, 0.05) is 0 Å². The maximum atomic E-state index is 14.7. The Morgan fingerprint density at radius 3 is 2.00 bits per heavy atom. The average molecular weight is 403 g/mol. The predicted octanol–water partition coefficient (Wildman–Crippen LogP) is 8.23. The molecule has 3 heteroatoms. The SMILES string of the molecule is CCCCCc1ccc(C2CCC(c3ccc(CCC)cc3F)CC2)c(F)c1F. The van der Waals surface area contributed by atoms with Gasteiger partial charge in [0.25, 0.3) is 0 Å². The maximum absolute atomic E-state index is 14.7. The molecule has 0 nitrogen and oxygen atoms in total. The molecule has 2 aromatic rings. The van der Waals surface area contributed by atoms with E-state index in [1.54, 1.807) is 18.2 Å². The third kappa shape index (κ3) is 5.24. The summed E-state index contributed by atoms with van der Waals surface area (Å²) in [6.07, 6.45) is 8.64. The number of hydrogen-bond acceptors (Lipinski definition) is 0. The lowest BCUT2D eigenvalue weighted by Gasteiger charge is -2.30. The number of unbranched alkanes of at least 4 members (excludes halogenated alkanes) is 2. The minimum atomic E-state index is -0.669. The van der Waals surface area contributed by atoms with Gasteiger partial charge >= 0.3 is 0 Å². The molecule has 1 saturated carbocycles. The van der Waals surface area contributed by atoms with Crippen LogP contribution in [0.1, 0.15) is 99.3 Å². The highest BCUT2D eigenvalue weighted by Crippen LogP contribution is 2.42. The van der Waals surface area contributed by atoms with Crippen LogP contribution in [0.3, 0.4) is 0 Å². The smallest absolute Gasteiger partial charge is 0.162 e. The second-order valence-electron chi connectivity index (χ2n) is 8.55. The van der Waals surface area contributed by atoms with Crippen molar-refractivity contribution in [1.82, 2.24) is 0 Å². The fourth-order valence-corrected chi connectivity index (χ4v) is 4.74. The van der Waals surface area contributed by atoms with Gasteiger partial charge in [-0.1, -0.05) is 57.4 Å². The van der Waals surface area contributed by atoms with Crippen molar-refractivity contribution in [2.45, 2.75) is 89.9 Å². The van der Waals surface area contributed by atoms with Gasteiger partial charge in [-0.2, -0.15) is 0 Å². The molecule has 0 spiro atoms. The van der Waals surface area contributed by atoms with Crippen molar-refractivity contribution in [1.29, 1.82) is 0 Å². The third-order valence-electron chi connectivity index (χ3n) is 6.45. The molecule has 1 aliphatic rings. The molecule has 0 N–H and O–H groups in total. The first kappa shape index (κ1) is 21.9. The van der Waals surface area contributed by atoms with E-state index in [-0.39, 0.29) is 17.7 Å². The normalized spacial score (nSPS) is 19.5. The summed E-state index contributed by atoms with van der Waals surface area (Å²) >= 11 is 0. The molecule has 0 aliphatic heterocycles. The molecule has 2 aromatic carbocycles. The molecule has 0 atom stereocenters. The summed E-state index contributed by atoms with van der Waals surface area (Å²) in [7, 11) is 0. The number of hydrogen-bond donors (Lipinski definition) is 0. The molecule has 3 rings (SSSR count). The molecule has 0 heterocycles. The summed E-state index contributed by atoms with van der Waals surface area (Å²) in [5.41, 5.74) is 2.81. The zero-order valence-corrected chi connectivity index (χ0v) is 17.7. The summed E-state index contributed by atoms with van der Waals surface area (Å²) in [4.78, 5) is 0. The second kappa shape index (κ2) is 10.3. The molecule has 0 bridgehead atoms. The minimum absolute atomic E-state index is 0.0212. The van der Waals surface area contributed by atoms with Crippen LogP contribution in [0.2, 0.25) is 0 Å². The van der Waals surface area contributed by atoms with Crippen molar-refractivity contribution in [2.75, 3.05) is 0 Å². The van der Waals surface area contributed by atoms with E-state index in [0.717, 1.165) is 68.9 Å². The molecule has 0 amide bonds. The van der Waals surface area contributed by atoms with Gasteiger partial charge in [0.15, 0.2) is 11.6 Å². The lowest BCUT2D eigenvalue weighted by molar-refractivity contribution is 0.373. The lowest BCUT2D eigenvalue weighted by Crippen LogP contribution is -2.15. The van der Waals surface area contributed by atoms with Crippen LogP contribution in [0.4, 0.5) is 13.2 Å². The summed E-state index contributed by atoms with van der Waals surface area (Å²) in [5.74, 6) is -1.26. The van der Waals surface area contributed by atoms with Crippen LogP contribution in [-0.4, -0.2) is 0 Å². The summed E-state index contributed by atoms with van der Waals surface area (Å²) in [6.45, 7) is 4.19. The van der Waals surface area contributed by atoms with Crippen molar-refractivity contribution in [3.63, 3.8) is 0 Å². The van der Waals surface area contributed by atoms with Gasteiger partial charge in [-0.3, -0.25) is 0 Å². The van der Waals surface area contributed by atoms with Crippen LogP contribution in [-0.2, 0) is 12.8 Å². The monoisotopic (exact) mass is 402 g/mol. The first-order chi connectivity index (χ1) is 14.0. The fraction of sp³-hybridized carbons (Fsp3) is 0.538. The lowest BCUT2D eigenvalue weighted by atomic mass is 9.75. The second-order valence-corrected chi connectivity index (χ2v) is 8.55. The third-order valence-corrected chi connectivity index (χ3v) is 6.45. The number of halogens is 3. The van der Waals surface area contributed by atoms with Crippen LogP contribution in [0.5, 0.6) is 0 Å². The predicted molar refractivity (Wildman–Crippen MR) is 114 cm³/mol. The van der Waals surface area contributed by atoms with E-state index in [0.29, 0.717) is 17.5 Å². The van der Waals surface area contributed by atoms with Gasteiger partial charge in [-0.05, 0) is 85.1 Å². The molecule has 0 aromatic heterocycles. The Morgan fingerprint density at radius 2 is 1.38 bits per heavy atom. The van der Waals surface area contributed by atoms with Crippen LogP contribution in [0.25, 0.3) is 0 Å².